The van der Waals surface area contributed by atoms with Crippen molar-refractivity contribution in [2.45, 2.75) is 50.8 Å². The fourth-order valence-corrected chi connectivity index (χ4v) is 3.57. The van der Waals surface area contributed by atoms with Crippen LogP contribution in [0.25, 0.3) is 0 Å². The van der Waals surface area contributed by atoms with E-state index in [1.807, 2.05) is 0 Å². The van der Waals surface area contributed by atoms with E-state index in [2.05, 4.69) is 6.92 Å². The van der Waals surface area contributed by atoms with Gasteiger partial charge in [-0.05, 0) is 38.5 Å². The number of carboxylic acid groups (broad SMARTS) is 1. The first-order valence-corrected chi connectivity index (χ1v) is 7.46. The fraction of sp³-hybridized carbons (Fsp3) is 0.909. The van der Waals surface area contributed by atoms with Crippen molar-refractivity contribution in [1.82, 2.24) is 4.31 Å². The van der Waals surface area contributed by atoms with Crippen molar-refractivity contribution in [3.05, 3.63) is 0 Å². The number of carbonyl (C=O) groups is 1. The predicted octanol–water partition coefficient (Wildman–Crippen LogP) is 1.30. The highest BCUT2D eigenvalue weighted by atomic mass is 32.2. The van der Waals surface area contributed by atoms with Crippen LogP contribution in [0.15, 0.2) is 0 Å². The average Bonchev–Trinajstić information content (AvgIpc) is 2.27. The molecule has 0 heterocycles. The van der Waals surface area contributed by atoms with Crippen LogP contribution in [0.3, 0.4) is 0 Å². The second kappa shape index (κ2) is 5.35. The highest BCUT2D eigenvalue weighted by molar-refractivity contribution is 7.90. The molecule has 1 unspecified atom stereocenters. The second-order valence-corrected chi connectivity index (χ2v) is 7.27. The molecule has 0 bridgehead atoms. The Labute approximate surface area is 103 Å². The third kappa shape index (κ3) is 3.19. The molecule has 0 saturated heterocycles. The van der Waals surface area contributed by atoms with Crippen LogP contribution in [-0.2, 0) is 14.8 Å². The predicted molar refractivity (Wildman–Crippen MR) is 65.2 cm³/mol. The minimum absolute atomic E-state index is 0.0435. The van der Waals surface area contributed by atoms with Crippen LogP contribution < -0.4 is 0 Å². The molecule has 0 aromatic heterocycles. The summed E-state index contributed by atoms with van der Waals surface area (Å²) in [4.78, 5) is 10.8. The Morgan fingerprint density at radius 3 is 2.18 bits per heavy atom. The van der Waals surface area contributed by atoms with Crippen LogP contribution in [0.4, 0.5) is 0 Å². The third-order valence-corrected chi connectivity index (χ3v) is 5.89. The zero-order valence-electron chi connectivity index (χ0n) is 10.6. The quantitative estimate of drug-likeness (QED) is 0.829. The Morgan fingerprint density at radius 1 is 1.29 bits per heavy atom. The van der Waals surface area contributed by atoms with E-state index in [9.17, 15) is 13.2 Å². The average molecular weight is 263 g/mol. The Bertz CT molecular complexity index is 371. The van der Waals surface area contributed by atoms with Crippen molar-refractivity contribution >= 4 is 16.0 Å². The summed E-state index contributed by atoms with van der Waals surface area (Å²) in [5, 5.41) is 7.43. The minimum Gasteiger partial charge on any atom is -0.480 e. The summed E-state index contributed by atoms with van der Waals surface area (Å²) in [5.74, 6) is -0.653. The monoisotopic (exact) mass is 263 g/mol. The molecule has 0 aromatic rings. The standard InChI is InChI=1S/C11H21NO4S/c1-8-4-6-10(7-5-8)12(3)17(15,16)9(2)11(13)14/h8-10H,4-7H2,1-3H3,(H,13,14). The van der Waals surface area contributed by atoms with Crippen LogP contribution in [0, 0.1) is 5.92 Å². The molecule has 17 heavy (non-hydrogen) atoms. The largest absolute Gasteiger partial charge is 0.480 e. The summed E-state index contributed by atoms with van der Waals surface area (Å²) in [6, 6.07) is -0.0435. The van der Waals surface area contributed by atoms with Gasteiger partial charge in [-0.2, -0.15) is 0 Å². The SMILES string of the molecule is CC1CCC(N(C)S(=O)(=O)C(C)C(=O)O)CC1. The molecule has 0 aliphatic heterocycles. The first kappa shape index (κ1) is 14.4. The molecule has 1 fully saturated rings. The van der Waals surface area contributed by atoms with Gasteiger partial charge in [-0.3, -0.25) is 4.79 Å². The molecule has 1 atom stereocenters. The summed E-state index contributed by atoms with van der Waals surface area (Å²) in [7, 11) is -2.23. The number of aliphatic carboxylic acids is 1. The highest BCUT2D eigenvalue weighted by Crippen LogP contribution is 2.28. The molecule has 0 aromatic carbocycles. The van der Waals surface area contributed by atoms with Crippen molar-refractivity contribution in [3.63, 3.8) is 0 Å². The van der Waals surface area contributed by atoms with E-state index in [4.69, 9.17) is 5.11 Å². The van der Waals surface area contributed by atoms with Gasteiger partial charge in [0.05, 0.1) is 0 Å². The molecule has 0 amide bonds. The van der Waals surface area contributed by atoms with Gasteiger partial charge in [-0.15, -0.1) is 0 Å². The van der Waals surface area contributed by atoms with Gasteiger partial charge in [0.2, 0.25) is 10.0 Å². The number of rotatable bonds is 4. The first-order valence-electron chi connectivity index (χ1n) is 5.96. The summed E-state index contributed by atoms with van der Waals surface area (Å²) < 4.78 is 25.3. The van der Waals surface area contributed by atoms with E-state index in [1.54, 1.807) is 0 Å². The molecule has 6 heteroatoms. The summed E-state index contributed by atoms with van der Waals surface area (Å²) in [6.07, 6.45) is 3.66. The molecule has 1 N–H and O–H groups in total. The molecular weight excluding hydrogens is 242 g/mol. The summed E-state index contributed by atoms with van der Waals surface area (Å²) in [5.41, 5.74) is 0. The van der Waals surface area contributed by atoms with Gasteiger partial charge in [0, 0.05) is 13.1 Å². The molecule has 100 valence electrons. The van der Waals surface area contributed by atoms with E-state index in [-0.39, 0.29) is 6.04 Å². The Morgan fingerprint density at radius 2 is 1.76 bits per heavy atom. The van der Waals surface area contributed by atoms with Crippen molar-refractivity contribution < 1.29 is 18.3 Å². The van der Waals surface area contributed by atoms with Crippen molar-refractivity contribution in [3.8, 4) is 0 Å². The second-order valence-electron chi connectivity index (χ2n) is 4.96. The lowest BCUT2D eigenvalue weighted by Crippen LogP contribution is -2.45. The topological polar surface area (TPSA) is 74.7 Å². The van der Waals surface area contributed by atoms with Crippen LogP contribution in [0.5, 0.6) is 0 Å². The molecule has 1 saturated carbocycles. The molecule has 0 spiro atoms. The van der Waals surface area contributed by atoms with E-state index in [0.717, 1.165) is 25.7 Å². The van der Waals surface area contributed by atoms with Crippen LogP contribution >= 0.6 is 0 Å². The number of hydrogen-bond donors (Lipinski definition) is 1. The van der Waals surface area contributed by atoms with Crippen LogP contribution in [0.1, 0.15) is 39.5 Å². The zero-order valence-corrected chi connectivity index (χ0v) is 11.4. The van der Waals surface area contributed by atoms with Crippen LogP contribution in [-0.4, -0.2) is 42.1 Å². The number of carboxylic acids is 1. The fourth-order valence-electron chi connectivity index (χ4n) is 2.19. The van der Waals surface area contributed by atoms with Crippen molar-refractivity contribution in [2.24, 2.45) is 5.92 Å². The Balaban J connectivity index is 2.75. The normalized spacial score (nSPS) is 28.0. The maximum absolute atomic E-state index is 12.0. The van der Waals surface area contributed by atoms with Gasteiger partial charge in [0.25, 0.3) is 0 Å². The van der Waals surface area contributed by atoms with Gasteiger partial charge < -0.3 is 5.11 Å². The Hall–Kier alpha value is -0.620. The Kier molecular flexibility index (Phi) is 4.55. The van der Waals surface area contributed by atoms with Gasteiger partial charge in [0.15, 0.2) is 5.25 Å². The number of sulfonamides is 1. The lowest BCUT2D eigenvalue weighted by atomic mass is 9.87. The third-order valence-electron chi connectivity index (χ3n) is 3.70. The lowest BCUT2D eigenvalue weighted by Gasteiger charge is -2.33. The molecular formula is C11H21NO4S. The van der Waals surface area contributed by atoms with Crippen molar-refractivity contribution in [2.75, 3.05) is 7.05 Å². The molecule has 0 radical (unpaired) electrons. The van der Waals surface area contributed by atoms with Crippen LogP contribution in [0.2, 0.25) is 0 Å². The summed E-state index contributed by atoms with van der Waals surface area (Å²) >= 11 is 0. The molecule has 1 aliphatic carbocycles. The van der Waals surface area contributed by atoms with Gasteiger partial charge in [-0.25, -0.2) is 12.7 Å². The van der Waals surface area contributed by atoms with E-state index in [1.165, 1.54) is 18.3 Å². The molecule has 5 nitrogen and oxygen atoms in total. The van der Waals surface area contributed by atoms with E-state index in [0.29, 0.717) is 5.92 Å². The number of nitrogens with zero attached hydrogens (tertiary/aromatic N) is 1. The van der Waals surface area contributed by atoms with E-state index >= 15 is 0 Å². The maximum atomic E-state index is 12.0. The van der Waals surface area contributed by atoms with Gasteiger partial charge in [0.1, 0.15) is 0 Å². The lowest BCUT2D eigenvalue weighted by molar-refractivity contribution is -0.136. The van der Waals surface area contributed by atoms with Gasteiger partial charge in [-0.1, -0.05) is 6.92 Å². The van der Waals surface area contributed by atoms with Crippen molar-refractivity contribution in [1.29, 1.82) is 0 Å². The highest BCUT2D eigenvalue weighted by Gasteiger charge is 2.36. The number of hydrogen-bond acceptors (Lipinski definition) is 3. The van der Waals surface area contributed by atoms with Gasteiger partial charge >= 0.3 is 5.97 Å². The molecule has 1 rings (SSSR count). The first-order chi connectivity index (χ1) is 7.76. The maximum Gasteiger partial charge on any atom is 0.323 e. The summed E-state index contributed by atoms with van der Waals surface area (Å²) in [6.45, 7) is 3.38. The van der Waals surface area contributed by atoms with E-state index < -0.39 is 21.2 Å². The minimum atomic E-state index is -3.72. The zero-order chi connectivity index (χ0) is 13.2. The molecule has 1 aliphatic rings. The smallest absolute Gasteiger partial charge is 0.323 e.